The smallest absolute Gasteiger partial charge is 0.226 e. The fraction of sp³-hybridized carbons (Fsp3) is 0.630. The zero-order chi connectivity index (χ0) is 22.5. The second-order valence-corrected chi connectivity index (χ2v) is 10.9. The summed E-state index contributed by atoms with van der Waals surface area (Å²) >= 11 is 0. The molecule has 5 aliphatic rings. The van der Waals surface area contributed by atoms with Gasteiger partial charge < -0.3 is 19.7 Å². The third-order valence-electron chi connectivity index (χ3n) is 9.32. The topological polar surface area (TPSA) is 76.4 Å². The van der Waals surface area contributed by atoms with Crippen molar-refractivity contribution in [1.29, 1.82) is 0 Å². The van der Waals surface area contributed by atoms with Gasteiger partial charge in [0, 0.05) is 30.2 Å². The molecule has 2 unspecified atom stereocenters. The van der Waals surface area contributed by atoms with E-state index in [4.69, 9.17) is 4.74 Å². The van der Waals surface area contributed by atoms with Crippen molar-refractivity contribution in [2.75, 3.05) is 13.2 Å². The highest BCUT2D eigenvalue weighted by Crippen LogP contribution is 2.57. The van der Waals surface area contributed by atoms with Crippen molar-refractivity contribution in [1.82, 2.24) is 14.9 Å². The molecule has 1 saturated heterocycles. The summed E-state index contributed by atoms with van der Waals surface area (Å²) in [6.07, 6.45) is 12.7. The van der Waals surface area contributed by atoms with Gasteiger partial charge in [-0.25, -0.2) is 4.98 Å². The van der Waals surface area contributed by atoms with E-state index < -0.39 is 0 Å². The van der Waals surface area contributed by atoms with E-state index in [1.165, 1.54) is 11.1 Å². The van der Waals surface area contributed by atoms with Crippen molar-refractivity contribution in [3.05, 3.63) is 42.4 Å². The summed E-state index contributed by atoms with van der Waals surface area (Å²) in [5.74, 6) is 0.257. The molecule has 0 radical (unpaired) electrons. The molecule has 6 nitrogen and oxygen atoms in total. The molecule has 3 aliphatic carbocycles. The molecule has 2 aliphatic heterocycles. The summed E-state index contributed by atoms with van der Waals surface area (Å²) in [5, 5.41) is 15.0. The van der Waals surface area contributed by atoms with Gasteiger partial charge in [-0.3, -0.25) is 4.79 Å². The van der Waals surface area contributed by atoms with Crippen LogP contribution in [-0.2, 0) is 9.53 Å². The fourth-order valence-electron chi connectivity index (χ4n) is 7.16. The second kappa shape index (κ2) is 8.24. The predicted octanol–water partition coefficient (Wildman–Crippen LogP) is 4.23. The molecule has 7 rings (SSSR count). The summed E-state index contributed by atoms with van der Waals surface area (Å²) in [4.78, 5) is 17.7. The van der Waals surface area contributed by atoms with E-state index in [-0.39, 0.29) is 34.9 Å². The lowest BCUT2D eigenvalue weighted by atomic mass is 9.62. The van der Waals surface area contributed by atoms with Gasteiger partial charge >= 0.3 is 0 Å². The minimum Gasteiger partial charge on any atom is -0.392 e. The first-order chi connectivity index (χ1) is 16.1. The van der Waals surface area contributed by atoms with E-state index >= 15 is 0 Å². The van der Waals surface area contributed by atoms with Crippen LogP contribution in [0.3, 0.4) is 0 Å². The molecule has 3 heterocycles. The lowest BCUT2D eigenvalue weighted by Gasteiger charge is -2.45. The van der Waals surface area contributed by atoms with E-state index in [0.29, 0.717) is 6.42 Å². The van der Waals surface area contributed by atoms with Gasteiger partial charge in [0.25, 0.3) is 0 Å². The molecule has 2 aromatic rings. The number of benzene rings is 1. The maximum absolute atomic E-state index is 13.4. The number of ether oxygens (including phenoxy) is 1. The Labute approximate surface area is 195 Å². The normalized spacial score (nSPS) is 32.1. The number of carbonyl (C=O) groups is 1. The molecule has 4 fully saturated rings. The SMILES string of the molecule is O=C(NC1CCOCC1)C12CCCC(C(O)CC3c4ccccc4-c4cncn43)(CC1)CC2. The number of nitrogens with one attached hydrogen (secondary N) is 1. The van der Waals surface area contributed by atoms with E-state index in [2.05, 4.69) is 39.1 Å². The Kier molecular flexibility index (Phi) is 5.33. The number of rotatable bonds is 5. The number of carbonyl (C=O) groups excluding carboxylic acids is 1. The van der Waals surface area contributed by atoms with Gasteiger partial charge in [-0.15, -0.1) is 0 Å². The highest BCUT2D eigenvalue weighted by atomic mass is 16.5. The van der Waals surface area contributed by atoms with Crippen molar-refractivity contribution in [3.8, 4) is 11.3 Å². The van der Waals surface area contributed by atoms with Crippen molar-refractivity contribution in [3.63, 3.8) is 0 Å². The lowest BCUT2D eigenvalue weighted by Crippen LogP contribution is -2.50. The van der Waals surface area contributed by atoms with Gasteiger partial charge in [0.05, 0.1) is 30.4 Å². The number of aromatic nitrogens is 2. The van der Waals surface area contributed by atoms with Crippen LogP contribution in [0.5, 0.6) is 0 Å². The highest BCUT2D eigenvalue weighted by molar-refractivity contribution is 5.83. The van der Waals surface area contributed by atoms with Gasteiger partial charge in [-0.1, -0.05) is 30.7 Å². The van der Waals surface area contributed by atoms with Crippen LogP contribution in [0.15, 0.2) is 36.8 Å². The maximum Gasteiger partial charge on any atom is 0.226 e. The molecule has 6 heteroatoms. The lowest BCUT2D eigenvalue weighted by molar-refractivity contribution is -0.136. The molecular formula is C27H35N3O3. The van der Waals surface area contributed by atoms with Crippen LogP contribution in [0.4, 0.5) is 0 Å². The van der Waals surface area contributed by atoms with Gasteiger partial charge in [0.2, 0.25) is 5.91 Å². The number of hydrogen-bond donors (Lipinski definition) is 2. The zero-order valence-electron chi connectivity index (χ0n) is 19.3. The zero-order valence-corrected chi connectivity index (χ0v) is 19.3. The number of imidazole rings is 1. The summed E-state index contributed by atoms with van der Waals surface area (Å²) in [7, 11) is 0. The number of aliphatic hydroxyl groups excluding tert-OH is 1. The number of aliphatic hydroxyl groups is 1. The Morgan fingerprint density at radius 3 is 2.76 bits per heavy atom. The molecule has 2 N–H and O–H groups in total. The van der Waals surface area contributed by atoms with E-state index in [9.17, 15) is 9.90 Å². The second-order valence-electron chi connectivity index (χ2n) is 10.9. The highest BCUT2D eigenvalue weighted by Gasteiger charge is 2.52. The van der Waals surface area contributed by atoms with Gasteiger partial charge in [-0.2, -0.15) is 0 Å². The number of amides is 1. The maximum atomic E-state index is 13.4. The van der Waals surface area contributed by atoms with Crippen LogP contribution in [0.2, 0.25) is 0 Å². The van der Waals surface area contributed by atoms with Crippen molar-refractivity contribution < 1.29 is 14.6 Å². The molecule has 2 atom stereocenters. The summed E-state index contributed by atoms with van der Waals surface area (Å²) in [6.45, 7) is 1.49. The molecule has 2 bridgehead atoms. The van der Waals surface area contributed by atoms with Crippen LogP contribution in [-0.4, -0.2) is 45.9 Å². The molecule has 176 valence electrons. The summed E-state index contributed by atoms with van der Waals surface area (Å²) in [5.41, 5.74) is 3.36. The number of fused-ring (bicyclic) bond motifs is 7. The van der Waals surface area contributed by atoms with E-state index in [1.807, 2.05) is 12.5 Å². The standard InChI is InChI=1S/C27H35N3O3/c31-24(16-22-20-4-1-2-5-21(20)23-17-28-18-30(22)23)26-8-3-9-27(12-10-26,13-11-26)25(32)29-19-6-14-33-15-7-19/h1-2,4-5,17-19,22,24,31H,3,6-16H2,(H,29,32). The third-order valence-corrected chi connectivity index (χ3v) is 9.32. The van der Waals surface area contributed by atoms with Crippen LogP contribution >= 0.6 is 0 Å². The number of hydrogen-bond acceptors (Lipinski definition) is 4. The van der Waals surface area contributed by atoms with Crippen molar-refractivity contribution in [2.45, 2.75) is 82.4 Å². The summed E-state index contributed by atoms with van der Waals surface area (Å²) in [6, 6.07) is 8.91. The molecule has 0 spiro atoms. The van der Waals surface area contributed by atoms with Crippen LogP contribution < -0.4 is 5.32 Å². The van der Waals surface area contributed by atoms with E-state index in [1.54, 1.807) is 0 Å². The molecule has 3 saturated carbocycles. The minimum absolute atomic E-state index is 0.0722. The van der Waals surface area contributed by atoms with Crippen LogP contribution in [0, 0.1) is 10.8 Å². The largest absolute Gasteiger partial charge is 0.392 e. The first kappa shape index (κ1) is 21.4. The van der Waals surface area contributed by atoms with Crippen molar-refractivity contribution >= 4 is 5.91 Å². The Balaban J connectivity index is 1.17. The van der Waals surface area contributed by atoms with Gasteiger partial charge in [0.1, 0.15) is 0 Å². The van der Waals surface area contributed by atoms with E-state index in [0.717, 1.165) is 76.7 Å². The molecular weight excluding hydrogens is 414 g/mol. The Morgan fingerprint density at radius 1 is 1.15 bits per heavy atom. The number of nitrogens with zero attached hydrogens (tertiary/aromatic N) is 2. The monoisotopic (exact) mass is 449 g/mol. The van der Waals surface area contributed by atoms with Crippen LogP contribution in [0.25, 0.3) is 11.3 Å². The Bertz CT molecular complexity index is 1020. The molecule has 1 aromatic heterocycles. The Hall–Kier alpha value is -2.18. The van der Waals surface area contributed by atoms with Gasteiger partial charge in [0.15, 0.2) is 0 Å². The predicted molar refractivity (Wildman–Crippen MR) is 126 cm³/mol. The molecule has 1 amide bonds. The molecule has 33 heavy (non-hydrogen) atoms. The quantitative estimate of drug-likeness (QED) is 0.716. The van der Waals surface area contributed by atoms with Gasteiger partial charge in [-0.05, 0) is 68.8 Å². The molecule has 1 aromatic carbocycles. The van der Waals surface area contributed by atoms with Crippen molar-refractivity contribution in [2.24, 2.45) is 10.8 Å². The minimum atomic E-state index is -0.376. The Morgan fingerprint density at radius 2 is 1.94 bits per heavy atom. The average Bonchev–Trinajstić information content (AvgIpc) is 3.30. The summed E-state index contributed by atoms with van der Waals surface area (Å²) < 4.78 is 7.69. The fourth-order valence-corrected chi connectivity index (χ4v) is 7.16. The van der Waals surface area contributed by atoms with Crippen LogP contribution in [0.1, 0.15) is 75.8 Å². The first-order valence-corrected chi connectivity index (χ1v) is 12.8. The first-order valence-electron chi connectivity index (χ1n) is 12.8. The average molecular weight is 450 g/mol. The third kappa shape index (κ3) is 3.53.